The Hall–Kier alpha value is -2.34. The van der Waals surface area contributed by atoms with Crippen LogP contribution in [0.2, 0.25) is 0 Å². The minimum atomic E-state index is -0.546. The van der Waals surface area contributed by atoms with Crippen LogP contribution in [-0.2, 0) is 6.42 Å². The first kappa shape index (κ1) is 13.1. The average molecular weight is 255 g/mol. The van der Waals surface area contributed by atoms with Gasteiger partial charge in [-0.1, -0.05) is 35.9 Å². The van der Waals surface area contributed by atoms with Gasteiger partial charge in [0.1, 0.15) is 23.2 Å². The minimum Gasteiger partial charge on any atom is -0.492 e. The first-order chi connectivity index (χ1) is 9.20. The van der Waals surface area contributed by atoms with Gasteiger partial charge < -0.3 is 4.74 Å². The van der Waals surface area contributed by atoms with Crippen LogP contribution in [-0.4, -0.2) is 6.61 Å². The molecule has 0 aromatic heterocycles. The van der Waals surface area contributed by atoms with Crippen molar-refractivity contribution in [1.29, 1.82) is 5.26 Å². The van der Waals surface area contributed by atoms with E-state index in [4.69, 9.17) is 10.00 Å². The summed E-state index contributed by atoms with van der Waals surface area (Å²) in [6, 6.07) is 14.4. The summed E-state index contributed by atoms with van der Waals surface area (Å²) in [4.78, 5) is 0. The molecule has 0 radical (unpaired) electrons. The van der Waals surface area contributed by atoms with Gasteiger partial charge in [-0.25, -0.2) is 4.39 Å². The Morgan fingerprint density at radius 3 is 2.58 bits per heavy atom. The van der Waals surface area contributed by atoms with Crippen molar-refractivity contribution in [2.24, 2.45) is 0 Å². The Morgan fingerprint density at radius 2 is 1.89 bits per heavy atom. The smallest absolute Gasteiger partial charge is 0.144 e. The van der Waals surface area contributed by atoms with E-state index in [0.717, 1.165) is 12.0 Å². The van der Waals surface area contributed by atoms with E-state index in [1.54, 1.807) is 6.07 Å². The summed E-state index contributed by atoms with van der Waals surface area (Å²) in [6.45, 7) is 2.45. The molecule has 2 aromatic rings. The topological polar surface area (TPSA) is 33.0 Å². The lowest BCUT2D eigenvalue weighted by atomic mass is 10.1. The molecule has 0 saturated heterocycles. The zero-order chi connectivity index (χ0) is 13.7. The summed E-state index contributed by atoms with van der Waals surface area (Å²) in [5.74, 6) is -0.245. The van der Waals surface area contributed by atoms with Crippen molar-refractivity contribution in [3.05, 3.63) is 65.0 Å². The maximum Gasteiger partial charge on any atom is 0.144 e. The Bertz CT molecular complexity index is 599. The second-order valence-electron chi connectivity index (χ2n) is 4.31. The van der Waals surface area contributed by atoms with Crippen LogP contribution in [0.4, 0.5) is 4.39 Å². The molecule has 2 nitrogen and oxygen atoms in total. The number of hydrogen-bond acceptors (Lipinski definition) is 2. The lowest BCUT2D eigenvalue weighted by Gasteiger charge is -2.08. The van der Waals surface area contributed by atoms with Crippen LogP contribution >= 0.6 is 0 Å². The van der Waals surface area contributed by atoms with Gasteiger partial charge in [0.15, 0.2) is 0 Å². The summed E-state index contributed by atoms with van der Waals surface area (Å²) in [7, 11) is 0. The van der Waals surface area contributed by atoms with Gasteiger partial charge in [-0.05, 0) is 24.6 Å². The van der Waals surface area contributed by atoms with Gasteiger partial charge in [0.2, 0.25) is 0 Å². The highest BCUT2D eigenvalue weighted by molar-refractivity contribution is 5.43. The molecule has 0 saturated carbocycles. The standard InChI is InChI=1S/C16H14FNO/c1-12-5-7-13(8-6-12)9-10-19-16-4-2-3-15(17)14(16)11-18/h2-8H,9-10H2,1H3. The van der Waals surface area contributed by atoms with Gasteiger partial charge >= 0.3 is 0 Å². The number of nitrogens with zero attached hydrogens (tertiary/aromatic N) is 1. The van der Waals surface area contributed by atoms with Crippen LogP contribution in [0.5, 0.6) is 5.75 Å². The number of hydrogen-bond donors (Lipinski definition) is 0. The summed E-state index contributed by atoms with van der Waals surface area (Å²) in [6.07, 6.45) is 0.724. The van der Waals surface area contributed by atoms with Crippen LogP contribution in [0, 0.1) is 24.1 Å². The predicted octanol–water partition coefficient (Wildman–Crippen LogP) is 3.63. The molecule has 2 aromatic carbocycles. The average Bonchev–Trinajstić information content (AvgIpc) is 2.41. The van der Waals surface area contributed by atoms with E-state index >= 15 is 0 Å². The molecule has 0 aliphatic rings. The molecule has 0 fully saturated rings. The van der Waals surface area contributed by atoms with E-state index in [-0.39, 0.29) is 5.56 Å². The van der Waals surface area contributed by atoms with E-state index in [2.05, 4.69) is 0 Å². The minimum absolute atomic E-state index is 0.0357. The molecule has 0 spiro atoms. The van der Waals surface area contributed by atoms with E-state index in [9.17, 15) is 4.39 Å². The Morgan fingerprint density at radius 1 is 1.16 bits per heavy atom. The third kappa shape index (κ3) is 3.32. The Labute approximate surface area is 112 Å². The van der Waals surface area contributed by atoms with Gasteiger partial charge in [0.25, 0.3) is 0 Å². The molecule has 0 aliphatic carbocycles. The SMILES string of the molecule is Cc1ccc(CCOc2cccc(F)c2C#N)cc1. The molecule has 19 heavy (non-hydrogen) atoms. The lowest BCUT2D eigenvalue weighted by molar-refractivity contribution is 0.319. The van der Waals surface area contributed by atoms with E-state index in [0.29, 0.717) is 12.4 Å². The molecule has 96 valence electrons. The third-order valence-electron chi connectivity index (χ3n) is 2.86. The number of rotatable bonds is 4. The number of ether oxygens (including phenoxy) is 1. The number of aryl methyl sites for hydroxylation is 1. The monoisotopic (exact) mass is 255 g/mol. The second-order valence-corrected chi connectivity index (χ2v) is 4.31. The largest absolute Gasteiger partial charge is 0.492 e. The summed E-state index contributed by atoms with van der Waals surface area (Å²) < 4.78 is 18.8. The van der Waals surface area contributed by atoms with Crippen molar-refractivity contribution in [2.75, 3.05) is 6.61 Å². The molecule has 0 bridgehead atoms. The van der Waals surface area contributed by atoms with Crippen molar-refractivity contribution >= 4 is 0 Å². The maximum atomic E-state index is 13.3. The molecular weight excluding hydrogens is 241 g/mol. The molecule has 0 unspecified atom stereocenters. The zero-order valence-electron chi connectivity index (χ0n) is 10.7. The van der Waals surface area contributed by atoms with Crippen molar-refractivity contribution < 1.29 is 9.13 Å². The van der Waals surface area contributed by atoms with Crippen LogP contribution in [0.3, 0.4) is 0 Å². The number of halogens is 1. The molecule has 0 N–H and O–H groups in total. The fourth-order valence-corrected chi connectivity index (χ4v) is 1.77. The van der Waals surface area contributed by atoms with E-state index in [1.807, 2.05) is 37.3 Å². The quantitative estimate of drug-likeness (QED) is 0.835. The molecule has 3 heteroatoms. The van der Waals surface area contributed by atoms with Crippen LogP contribution in [0.1, 0.15) is 16.7 Å². The molecule has 0 atom stereocenters. The third-order valence-corrected chi connectivity index (χ3v) is 2.86. The van der Waals surface area contributed by atoms with Gasteiger partial charge in [0, 0.05) is 6.42 Å². The van der Waals surface area contributed by atoms with Gasteiger partial charge in [-0.3, -0.25) is 0 Å². The zero-order valence-corrected chi connectivity index (χ0v) is 10.7. The maximum absolute atomic E-state index is 13.3. The predicted molar refractivity (Wildman–Crippen MR) is 71.5 cm³/mol. The molecule has 0 heterocycles. The van der Waals surface area contributed by atoms with Gasteiger partial charge in [0.05, 0.1) is 6.61 Å². The molecule has 2 rings (SSSR count). The molecule has 0 amide bonds. The van der Waals surface area contributed by atoms with Crippen molar-refractivity contribution in [2.45, 2.75) is 13.3 Å². The van der Waals surface area contributed by atoms with Gasteiger partial charge in [-0.15, -0.1) is 0 Å². The Balaban J connectivity index is 1.98. The Kier molecular flexibility index (Phi) is 4.15. The van der Waals surface area contributed by atoms with Crippen molar-refractivity contribution in [1.82, 2.24) is 0 Å². The fourth-order valence-electron chi connectivity index (χ4n) is 1.77. The molecule has 0 aliphatic heterocycles. The van der Waals surface area contributed by atoms with Gasteiger partial charge in [-0.2, -0.15) is 5.26 Å². The molecular formula is C16H14FNO. The van der Waals surface area contributed by atoms with Crippen LogP contribution in [0.15, 0.2) is 42.5 Å². The highest BCUT2D eigenvalue weighted by atomic mass is 19.1. The van der Waals surface area contributed by atoms with E-state index in [1.165, 1.54) is 17.7 Å². The summed E-state index contributed by atoms with van der Waals surface area (Å²) in [5, 5.41) is 8.88. The van der Waals surface area contributed by atoms with E-state index < -0.39 is 5.82 Å². The highest BCUT2D eigenvalue weighted by Crippen LogP contribution is 2.20. The normalized spacial score (nSPS) is 9.95. The first-order valence-electron chi connectivity index (χ1n) is 6.07. The highest BCUT2D eigenvalue weighted by Gasteiger charge is 2.08. The van der Waals surface area contributed by atoms with Crippen molar-refractivity contribution in [3.8, 4) is 11.8 Å². The number of nitriles is 1. The first-order valence-corrected chi connectivity index (χ1v) is 6.07. The fraction of sp³-hybridized carbons (Fsp3) is 0.188. The summed E-state index contributed by atoms with van der Waals surface area (Å²) in [5.41, 5.74) is 2.33. The lowest BCUT2D eigenvalue weighted by Crippen LogP contribution is -2.03. The second kappa shape index (κ2) is 6.01. The van der Waals surface area contributed by atoms with Crippen molar-refractivity contribution in [3.63, 3.8) is 0 Å². The summed E-state index contributed by atoms with van der Waals surface area (Å²) >= 11 is 0. The van der Waals surface area contributed by atoms with Crippen LogP contribution in [0.25, 0.3) is 0 Å². The van der Waals surface area contributed by atoms with Crippen LogP contribution < -0.4 is 4.74 Å². The number of benzene rings is 2.